The van der Waals surface area contributed by atoms with Gasteiger partial charge in [0.15, 0.2) is 0 Å². The highest BCUT2D eigenvalue weighted by Crippen LogP contribution is 2.65. The van der Waals surface area contributed by atoms with Crippen LogP contribution in [0.4, 0.5) is 0 Å². The summed E-state index contributed by atoms with van der Waals surface area (Å²) in [5.41, 5.74) is -0.205. The topological polar surface area (TPSA) is 54.4 Å². The van der Waals surface area contributed by atoms with Gasteiger partial charge in [0.25, 0.3) is 0 Å². The molecule has 3 nitrogen and oxygen atoms in total. The maximum atomic E-state index is 12.8. The molecule has 0 amide bonds. The maximum Gasteiger partial charge on any atom is 0.146 e. The fourth-order valence-corrected chi connectivity index (χ4v) is 6.87. The van der Waals surface area contributed by atoms with Gasteiger partial charge in [-0.2, -0.15) is 0 Å². The van der Waals surface area contributed by atoms with E-state index in [1.165, 1.54) is 0 Å². The standard InChI is InChI=1S/C19H28O3/c1-18-8-7-15-13(14(18)5-6-16(18)21)4-3-11-9-12(20)10-17(22)19(11,15)2/h11,13-16,21H,3-10H2,1-2H3/t11?,13-,14-,15-,16-,18-,19-/m0/s1. The molecule has 4 aliphatic rings. The largest absolute Gasteiger partial charge is 0.393 e. The highest BCUT2D eigenvalue weighted by molar-refractivity contribution is 6.04. The van der Waals surface area contributed by atoms with Gasteiger partial charge in [-0.3, -0.25) is 9.59 Å². The summed E-state index contributed by atoms with van der Waals surface area (Å²) in [5.74, 6) is 2.24. The number of fused-ring (bicyclic) bond motifs is 5. The number of hydrogen-bond donors (Lipinski definition) is 1. The van der Waals surface area contributed by atoms with Crippen molar-refractivity contribution in [3.63, 3.8) is 0 Å². The molecule has 1 unspecified atom stereocenters. The predicted molar refractivity (Wildman–Crippen MR) is 83.1 cm³/mol. The predicted octanol–water partition coefficient (Wildman–Crippen LogP) is 3.14. The van der Waals surface area contributed by atoms with Crippen molar-refractivity contribution in [3.8, 4) is 0 Å². The van der Waals surface area contributed by atoms with Crippen molar-refractivity contribution < 1.29 is 14.7 Å². The molecule has 4 rings (SSSR count). The van der Waals surface area contributed by atoms with E-state index in [4.69, 9.17) is 0 Å². The van der Waals surface area contributed by atoms with Crippen molar-refractivity contribution >= 4 is 11.6 Å². The zero-order valence-corrected chi connectivity index (χ0v) is 13.8. The van der Waals surface area contributed by atoms with Crippen LogP contribution in [0, 0.1) is 34.5 Å². The lowest BCUT2D eigenvalue weighted by Crippen LogP contribution is -2.57. The minimum Gasteiger partial charge on any atom is -0.393 e. The van der Waals surface area contributed by atoms with Gasteiger partial charge in [0, 0.05) is 11.8 Å². The first-order chi connectivity index (χ1) is 10.4. The molecule has 4 saturated carbocycles. The van der Waals surface area contributed by atoms with Crippen molar-refractivity contribution in [2.45, 2.75) is 71.3 Å². The van der Waals surface area contributed by atoms with E-state index in [1.807, 2.05) is 0 Å². The Labute approximate surface area is 132 Å². The average Bonchev–Trinajstić information content (AvgIpc) is 2.77. The van der Waals surface area contributed by atoms with Crippen LogP contribution in [0.15, 0.2) is 0 Å². The van der Waals surface area contributed by atoms with Gasteiger partial charge in [-0.25, -0.2) is 0 Å². The van der Waals surface area contributed by atoms with Gasteiger partial charge >= 0.3 is 0 Å². The molecule has 4 aliphatic carbocycles. The number of aliphatic hydroxyl groups excluding tert-OH is 1. The number of Topliss-reactive ketones (excluding diaryl/α,β-unsaturated/α-hetero) is 2. The summed E-state index contributed by atoms with van der Waals surface area (Å²) in [7, 11) is 0. The summed E-state index contributed by atoms with van der Waals surface area (Å²) in [5, 5.41) is 10.4. The van der Waals surface area contributed by atoms with E-state index in [1.54, 1.807) is 0 Å². The van der Waals surface area contributed by atoms with Gasteiger partial charge in [-0.05, 0) is 67.6 Å². The number of carbonyl (C=O) groups excluding carboxylic acids is 2. The second kappa shape index (κ2) is 4.66. The molecule has 0 aromatic heterocycles. The molecule has 0 saturated heterocycles. The van der Waals surface area contributed by atoms with Gasteiger partial charge in [0.05, 0.1) is 12.5 Å². The molecular formula is C19H28O3. The van der Waals surface area contributed by atoms with Gasteiger partial charge in [0.1, 0.15) is 11.6 Å². The Hall–Kier alpha value is -0.700. The molecule has 4 fully saturated rings. The number of rotatable bonds is 0. The second-order valence-corrected chi connectivity index (χ2v) is 8.91. The third-order valence-electron chi connectivity index (χ3n) is 8.29. The smallest absolute Gasteiger partial charge is 0.146 e. The first-order valence-electron chi connectivity index (χ1n) is 9.10. The maximum absolute atomic E-state index is 12.8. The summed E-state index contributed by atoms with van der Waals surface area (Å²) in [6.07, 6.45) is 6.95. The quantitative estimate of drug-likeness (QED) is 0.700. The van der Waals surface area contributed by atoms with E-state index < -0.39 is 0 Å². The van der Waals surface area contributed by atoms with Gasteiger partial charge < -0.3 is 5.11 Å². The van der Waals surface area contributed by atoms with Crippen LogP contribution in [0.2, 0.25) is 0 Å². The summed E-state index contributed by atoms with van der Waals surface area (Å²) in [4.78, 5) is 24.6. The molecule has 0 aromatic rings. The lowest BCUT2D eigenvalue weighted by Gasteiger charge is -2.58. The van der Waals surface area contributed by atoms with E-state index in [0.717, 1.165) is 38.5 Å². The van der Waals surface area contributed by atoms with Crippen LogP contribution >= 0.6 is 0 Å². The van der Waals surface area contributed by atoms with Crippen LogP contribution < -0.4 is 0 Å². The third-order valence-corrected chi connectivity index (χ3v) is 8.29. The van der Waals surface area contributed by atoms with Gasteiger partial charge in [-0.15, -0.1) is 0 Å². The summed E-state index contributed by atoms with van der Waals surface area (Å²) in [6, 6.07) is 0. The monoisotopic (exact) mass is 304 g/mol. The number of aliphatic hydroxyl groups is 1. The fourth-order valence-electron chi connectivity index (χ4n) is 6.87. The van der Waals surface area contributed by atoms with Crippen molar-refractivity contribution in [1.29, 1.82) is 0 Å². The normalized spacial score (nSPS) is 54.6. The molecule has 0 spiro atoms. The molecule has 122 valence electrons. The first kappa shape index (κ1) is 14.9. The highest BCUT2D eigenvalue weighted by Gasteiger charge is 2.62. The first-order valence-corrected chi connectivity index (χ1v) is 9.10. The van der Waals surface area contributed by atoms with Crippen LogP contribution in [0.3, 0.4) is 0 Å². The minimum absolute atomic E-state index is 0.0674. The molecule has 22 heavy (non-hydrogen) atoms. The lowest BCUT2D eigenvalue weighted by atomic mass is 9.45. The number of carbonyl (C=O) groups is 2. The molecule has 0 heterocycles. The van der Waals surface area contributed by atoms with Crippen LogP contribution in [-0.2, 0) is 9.59 Å². The van der Waals surface area contributed by atoms with Crippen molar-refractivity contribution in [3.05, 3.63) is 0 Å². The van der Waals surface area contributed by atoms with Crippen molar-refractivity contribution in [1.82, 2.24) is 0 Å². The molecule has 3 heteroatoms. The molecule has 0 radical (unpaired) electrons. The lowest BCUT2D eigenvalue weighted by molar-refractivity contribution is -0.161. The minimum atomic E-state index is -0.272. The van der Waals surface area contributed by atoms with Crippen molar-refractivity contribution in [2.24, 2.45) is 34.5 Å². The Bertz CT molecular complexity index is 527. The highest BCUT2D eigenvalue weighted by atomic mass is 16.3. The van der Waals surface area contributed by atoms with E-state index in [9.17, 15) is 14.7 Å². The summed E-state index contributed by atoms with van der Waals surface area (Å²) in [6.45, 7) is 4.43. The van der Waals surface area contributed by atoms with E-state index in [0.29, 0.717) is 24.2 Å². The molecule has 0 aromatic carbocycles. The van der Waals surface area contributed by atoms with Gasteiger partial charge in [-0.1, -0.05) is 13.8 Å². The fraction of sp³-hybridized carbons (Fsp3) is 0.895. The zero-order valence-electron chi connectivity index (χ0n) is 13.8. The molecule has 7 atom stereocenters. The molecule has 1 N–H and O–H groups in total. The Morgan fingerprint density at radius 3 is 2.55 bits per heavy atom. The van der Waals surface area contributed by atoms with Crippen molar-refractivity contribution in [2.75, 3.05) is 0 Å². The van der Waals surface area contributed by atoms with E-state index in [2.05, 4.69) is 13.8 Å². The second-order valence-electron chi connectivity index (χ2n) is 8.91. The Balaban J connectivity index is 1.69. The van der Waals surface area contributed by atoms with Gasteiger partial charge in [0.2, 0.25) is 0 Å². The third kappa shape index (κ3) is 1.72. The van der Waals surface area contributed by atoms with Crippen LogP contribution in [0.25, 0.3) is 0 Å². The number of hydrogen-bond acceptors (Lipinski definition) is 3. The Morgan fingerprint density at radius 2 is 1.77 bits per heavy atom. The Morgan fingerprint density at radius 1 is 1.00 bits per heavy atom. The van der Waals surface area contributed by atoms with Crippen LogP contribution in [0.5, 0.6) is 0 Å². The summed E-state index contributed by atoms with van der Waals surface area (Å²) >= 11 is 0. The molecular weight excluding hydrogens is 276 g/mol. The average molecular weight is 304 g/mol. The van der Waals surface area contributed by atoms with E-state index in [-0.39, 0.29) is 40.8 Å². The molecule has 0 aliphatic heterocycles. The SMILES string of the molecule is C[C@]12CC[C@H]3[C@@H](CCC4CC(=O)CC(=O)[C@@]43C)[C@@H]1CC[C@@H]2O. The van der Waals surface area contributed by atoms with E-state index >= 15 is 0 Å². The van der Waals surface area contributed by atoms with Crippen LogP contribution in [-0.4, -0.2) is 22.8 Å². The zero-order chi connectivity index (χ0) is 15.7. The summed E-state index contributed by atoms with van der Waals surface area (Å²) < 4.78 is 0. The molecule has 0 bridgehead atoms. The Kier molecular flexibility index (Phi) is 3.15. The number of ketones is 2. The van der Waals surface area contributed by atoms with Crippen LogP contribution in [0.1, 0.15) is 65.2 Å².